The van der Waals surface area contributed by atoms with Crippen LogP contribution in [0.25, 0.3) is 0 Å². The first-order chi connectivity index (χ1) is 8.79. The SMILES string of the molecule is COc1ccc(C=O)cc1CN(C)C(C)C(C)(C)C. The summed E-state index contributed by atoms with van der Waals surface area (Å²) in [6.07, 6.45) is 0.871. The Bertz CT molecular complexity index is 435. The largest absolute Gasteiger partial charge is 0.496 e. The Labute approximate surface area is 116 Å². The molecule has 0 N–H and O–H groups in total. The fourth-order valence-electron chi connectivity index (χ4n) is 2.06. The highest BCUT2D eigenvalue weighted by Crippen LogP contribution is 2.27. The lowest BCUT2D eigenvalue weighted by atomic mass is 9.87. The summed E-state index contributed by atoms with van der Waals surface area (Å²) < 4.78 is 5.37. The zero-order valence-electron chi connectivity index (χ0n) is 12.9. The van der Waals surface area contributed by atoms with Crippen LogP contribution in [-0.4, -0.2) is 31.4 Å². The zero-order chi connectivity index (χ0) is 14.6. The molecule has 106 valence electrons. The lowest BCUT2D eigenvalue weighted by Gasteiger charge is -2.35. The molecular weight excluding hydrogens is 238 g/mol. The molecule has 19 heavy (non-hydrogen) atoms. The highest BCUT2D eigenvalue weighted by atomic mass is 16.5. The van der Waals surface area contributed by atoms with Gasteiger partial charge in [-0.15, -0.1) is 0 Å². The van der Waals surface area contributed by atoms with Crippen molar-refractivity contribution in [2.24, 2.45) is 5.41 Å². The summed E-state index contributed by atoms with van der Waals surface area (Å²) in [5.74, 6) is 0.832. The smallest absolute Gasteiger partial charge is 0.150 e. The van der Waals surface area contributed by atoms with Crippen molar-refractivity contribution in [1.29, 1.82) is 0 Å². The van der Waals surface area contributed by atoms with Crippen molar-refractivity contribution in [3.63, 3.8) is 0 Å². The van der Waals surface area contributed by atoms with Crippen LogP contribution in [0.4, 0.5) is 0 Å². The molecule has 3 nitrogen and oxygen atoms in total. The third-order valence-electron chi connectivity index (χ3n) is 3.77. The maximum absolute atomic E-state index is 10.9. The number of rotatable bonds is 5. The standard InChI is InChI=1S/C16H25NO2/c1-12(16(2,3)4)17(5)10-14-9-13(11-18)7-8-15(14)19-6/h7-9,11-12H,10H2,1-6H3. The van der Waals surface area contributed by atoms with E-state index in [1.54, 1.807) is 13.2 Å². The van der Waals surface area contributed by atoms with Crippen LogP contribution in [0.15, 0.2) is 18.2 Å². The summed E-state index contributed by atoms with van der Waals surface area (Å²) in [5, 5.41) is 0. The molecule has 1 aromatic carbocycles. The lowest BCUT2D eigenvalue weighted by Crippen LogP contribution is -2.38. The molecule has 1 aromatic rings. The minimum absolute atomic E-state index is 0.213. The van der Waals surface area contributed by atoms with Gasteiger partial charge in [0.15, 0.2) is 0 Å². The number of aldehydes is 1. The summed E-state index contributed by atoms with van der Waals surface area (Å²) in [5.41, 5.74) is 1.95. The summed E-state index contributed by atoms with van der Waals surface area (Å²) >= 11 is 0. The van der Waals surface area contributed by atoms with E-state index in [1.165, 1.54) is 0 Å². The number of hydrogen-bond acceptors (Lipinski definition) is 3. The van der Waals surface area contributed by atoms with Crippen molar-refractivity contribution in [3.05, 3.63) is 29.3 Å². The third kappa shape index (κ3) is 4.06. The molecule has 0 bridgehead atoms. The van der Waals surface area contributed by atoms with Crippen LogP contribution in [-0.2, 0) is 6.54 Å². The molecular formula is C16H25NO2. The predicted octanol–water partition coefficient (Wildman–Crippen LogP) is 3.37. The van der Waals surface area contributed by atoms with Gasteiger partial charge in [-0.05, 0) is 37.6 Å². The van der Waals surface area contributed by atoms with Crippen molar-refractivity contribution in [1.82, 2.24) is 4.90 Å². The van der Waals surface area contributed by atoms with E-state index in [9.17, 15) is 4.79 Å². The summed E-state index contributed by atoms with van der Waals surface area (Å²) in [7, 11) is 3.76. The molecule has 0 saturated heterocycles. The first-order valence-electron chi connectivity index (χ1n) is 6.62. The van der Waals surface area contributed by atoms with Crippen LogP contribution in [0.1, 0.15) is 43.6 Å². The number of ether oxygens (including phenoxy) is 1. The number of nitrogens with zero attached hydrogens (tertiary/aromatic N) is 1. The van der Waals surface area contributed by atoms with E-state index >= 15 is 0 Å². The highest BCUT2D eigenvalue weighted by Gasteiger charge is 2.24. The molecule has 1 atom stereocenters. The minimum atomic E-state index is 0.213. The minimum Gasteiger partial charge on any atom is -0.496 e. The summed E-state index contributed by atoms with van der Waals surface area (Å²) in [4.78, 5) is 13.2. The van der Waals surface area contributed by atoms with Crippen LogP contribution < -0.4 is 4.74 Å². The number of methoxy groups -OCH3 is 1. The molecule has 0 heterocycles. The Kier molecular flexibility index (Phi) is 5.12. The van der Waals surface area contributed by atoms with Crippen molar-refractivity contribution >= 4 is 6.29 Å². The molecule has 0 spiro atoms. The van der Waals surface area contributed by atoms with Crippen molar-refractivity contribution in [3.8, 4) is 5.75 Å². The number of hydrogen-bond donors (Lipinski definition) is 0. The molecule has 0 amide bonds. The number of carbonyl (C=O) groups excluding carboxylic acids is 1. The fraction of sp³-hybridized carbons (Fsp3) is 0.562. The second-order valence-corrected chi connectivity index (χ2v) is 6.15. The van der Waals surface area contributed by atoms with E-state index in [-0.39, 0.29) is 5.41 Å². The molecule has 0 aliphatic carbocycles. The van der Waals surface area contributed by atoms with Gasteiger partial charge < -0.3 is 4.74 Å². The Hall–Kier alpha value is -1.35. The topological polar surface area (TPSA) is 29.5 Å². The number of benzene rings is 1. The highest BCUT2D eigenvalue weighted by molar-refractivity contribution is 5.75. The van der Waals surface area contributed by atoms with Crippen LogP contribution in [0.2, 0.25) is 0 Å². The van der Waals surface area contributed by atoms with Crippen LogP contribution in [0, 0.1) is 5.41 Å². The van der Waals surface area contributed by atoms with Crippen molar-refractivity contribution in [2.45, 2.75) is 40.3 Å². The maximum Gasteiger partial charge on any atom is 0.150 e. The maximum atomic E-state index is 10.9. The molecule has 0 aliphatic heterocycles. The van der Waals surface area contributed by atoms with Gasteiger partial charge in [0.1, 0.15) is 12.0 Å². The van der Waals surface area contributed by atoms with Gasteiger partial charge in [-0.1, -0.05) is 20.8 Å². The van der Waals surface area contributed by atoms with Gasteiger partial charge in [0.2, 0.25) is 0 Å². The predicted molar refractivity (Wildman–Crippen MR) is 78.8 cm³/mol. The lowest BCUT2D eigenvalue weighted by molar-refractivity contribution is 0.112. The summed E-state index contributed by atoms with van der Waals surface area (Å²) in [6.45, 7) is 9.67. The molecule has 0 fully saturated rings. The van der Waals surface area contributed by atoms with Gasteiger partial charge in [-0.2, -0.15) is 0 Å². The first kappa shape index (κ1) is 15.7. The molecule has 0 aromatic heterocycles. The van der Waals surface area contributed by atoms with Gasteiger partial charge in [-0.25, -0.2) is 0 Å². The molecule has 0 aliphatic rings. The quantitative estimate of drug-likeness (QED) is 0.763. The molecule has 3 heteroatoms. The Balaban J connectivity index is 2.94. The van der Waals surface area contributed by atoms with E-state index in [2.05, 4.69) is 39.6 Å². The van der Waals surface area contributed by atoms with E-state index in [0.717, 1.165) is 24.1 Å². The monoisotopic (exact) mass is 263 g/mol. The zero-order valence-corrected chi connectivity index (χ0v) is 12.9. The molecule has 0 saturated carbocycles. The van der Waals surface area contributed by atoms with Crippen LogP contribution in [0.5, 0.6) is 5.75 Å². The van der Waals surface area contributed by atoms with E-state index < -0.39 is 0 Å². The van der Waals surface area contributed by atoms with Gasteiger partial charge >= 0.3 is 0 Å². The van der Waals surface area contributed by atoms with Gasteiger partial charge in [-0.3, -0.25) is 9.69 Å². The molecule has 1 unspecified atom stereocenters. The van der Waals surface area contributed by atoms with Gasteiger partial charge in [0.05, 0.1) is 7.11 Å². The molecule has 0 radical (unpaired) electrons. The second kappa shape index (κ2) is 6.20. The second-order valence-electron chi connectivity index (χ2n) is 6.15. The van der Waals surface area contributed by atoms with E-state index in [1.807, 2.05) is 12.1 Å². The van der Waals surface area contributed by atoms with Crippen molar-refractivity contribution in [2.75, 3.05) is 14.2 Å². The fourth-order valence-corrected chi connectivity index (χ4v) is 2.06. The summed E-state index contributed by atoms with van der Waals surface area (Å²) in [6, 6.07) is 5.96. The van der Waals surface area contributed by atoms with E-state index in [4.69, 9.17) is 4.74 Å². The normalized spacial score (nSPS) is 13.4. The number of carbonyl (C=O) groups is 1. The van der Waals surface area contributed by atoms with Crippen molar-refractivity contribution < 1.29 is 9.53 Å². The Morgan fingerprint density at radius 1 is 1.37 bits per heavy atom. The Morgan fingerprint density at radius 2 is 2.00 bits per heavy atom. The van der Waals surface area contributed by atoms with E-state index in [0.29, 0.717) is 11.6 Å². The van der Waals surface area contributed by atoms with Gasteiger partial charge in [0.25, 0.3) is 0 Å². The van der Waals surface area contributed by atoms with Crippen LogP contribution in [0.3, 0.4) is 0 Å². The Morgan fingerprint density at radius 3 is 2.47 bits per heavy atom. The van der Waals surface area contributed by atoms with Gasteiger partial charge in [0, 0.05) is 23.7 Å². The first-order valence-corrected chi connectivity index (χ1v) is 6.62. The average molecular weight is 263 g/mol. The molecule has 1 rings (SSSR count). The average Bonchev–Trinajstić information content (AvgIpc) is 2.36. The third-order valence-corrected chi connectivity index (χ3v) is 3.77. The van der Waals surface area contributed by atoms with Crippen LogP contribution >= 0.6 is 0 Å².